The van der Waals surface area contributed by atoms with E-state index in [1.54, 1.807) is 18.2 Å². The first-order valence-electron chi connectivity index (χ1n) is 6.61. The first-order chi connectivity index (χ1) is 10.1. The number of phenolic OH excluding ortho intramolecular Hbond substituents is 1. The predicted molar refractivity (Wildman–Crippen MR) is 80.7 cm³/mol. The first-order valence-corrected chi connectivity index (χ1v) is 7.49. The lowest BCUT2D eigenvalue weighted by atomic mass is 10.2. The van der Waals surface area contributed by atoms with E-state index in [2.05, 4.69) is 9.72 Å². The number of nitrogens with zero attached hydrogens (tertiary/aromatic N) is 1. The van der Waals surface area contributed by atoms with Gasteiger partial charge in [0, 0.05) is 17.4 Å². The van der Waals surface area contributed by atoms with Gasteiger partial charge in [0.1, 0.15) is 5.01 Å². The van der Waals surface area contributed by atoms with Gasteiger partial charge in [0.15, 0.2) is 11.5 Å². The lowest BCUT2D eigenvalue weighted by molar-refractivity contribution is -0.140. The number of benzene rings is 1. The van der Waals surface area contributed by atoms with Gasteiger partial charge in [0.25, 0.3) is 0 Å². The second-order valence-electron chi connectivity index (χ2n) is 4.34. The van der Waals surface area contributed by atoms with E-state index in [1.165, 1.54) is 18.4 Å². The maximum absolute atomic E-state index is 11.1. The van der Waals surface area contributed by atoms with Gasteiger partial charge in [-0.3, -0.25) is 4.79 Å². The zero-order chi connectivity index (χ0) is 15.2. The monoisotopic (exact) mass is 307 g/mol. The third-order valence-corrected chi connectivity index (χ3v) is 3.81. The number of aromatic nitrogens is 1. The van der Waals surface area contributed by atoms with Gasteiger partial charge in [0.2, 0.25) is 0 Å². The normalized spacial score (nSPS) is 10.4. The molecule has 0 aliphatic rings. The minimum Gasteiger partial charge on any atom is -0.504 e. The summed E-state index contributed by atoms with van der Waals surface area (Å²) in [6.07, 6.45) is 0.874. The highest BCUT2D eigenvalue weighted by molar-refractivity contribution is 7.13. The minimum atomic E-state index is -0.243. The van der Waals surface area contributed by atoms with Crippen LogP contribution in [-0.2, 0) is 16.0 Å². The smallest absolute Gasteiger partial charge is 0.305 e. The Labute approximate surface area is 127 Å². The van der Waals surface area contributed by atoms with Crippen LogP contribution in [0.2, 0.25) is 0 Å². The Balaban J connectivity index is 2.13. The summed E-state index contributed by atoms with van der Waals surface area (Å²) in [6, 6.07) is 5.15. The van der Waals surface area contributed by atoms with E-state index in [4.69, 9.17) is 4.74 Å². The number of carbonyl (C=O) groups excluding carboxylic acids is 1. The van der Waals surface area contributed by atoms with Gasteiger partial charge in [-0.2, -0.15) is 0 Å². The first kappa shape index (κ1) is 15.3. The van der Waals surface area contributed by atoms with Crippen molar-refractivity contribution in [3.8, 4) is 22.1 Å². The van der Waals surface area contributed by atoms with Gasteiger partial charge in [0.05, 0.1) is 25.8 Å². The minimum absolute atomic E-state index is 0.114. The average molecular weight is 307 g/mol. The molecule has 1 N–H and O–H groups in total. The number of phenols is 1. The van der Waals surface area contributed by atoms with E-state index in [9.17, 15) is 9.90 Å². The highest BCUT2D eigenvalue weighted by Gasteiger charge is 2.10. The van der Waals surface area contributed by atoms with E-state index in [-0.39, 0.29) is 11.7 Å². The van der Waals surface area contributed by atoms with Crippen LogP contribution in [0.1, 0.15) is 19.0 Å². The summed E-state index contributed by atoms with van der Waals surface area (Å²) in [4.78, 5) is 15.6. The number of esters is 1. The molecule has 1 aromatic heterocycles. The molecule has 6 heteroatoms. The van der Waals surface area contributed by atoms with Gasteiger partial charge in [-0.25, -0.2) is 4.98 Å². The summed E-state index contributed by atoms with van der Waals surface area (Å²) in [5, 5.41) is 12.4. The number of rotatable bonds is 6. The van der Waals surface area contributed by atoms with Gasteiger partial charge in [-0.1, -0.05) is 0 Å². The molecule has 0 radical (unpaired) electrons. The molecule has 0 aliphatic heterocycles. The van der Waals surface area contributed by atoms with Crippen molar-refractivity contribution in [2.45, 2.75) is 19.8 Å². The van der Waals surface area contributed by atoms with Crippen LogP contribution in [-0.4, -0.2) is 29.8 Å². The lowest BCUT2D eigenvalue weighted by Crippen LogP contribution is -2.01. The van der Waals surface area contributed by atoms with E-state index >= 15 is 0 Å². The largest absolute Gasteiger partial charge is 0.504 e. The predicted octanol–water partition coefficient (Wildman–Crippen LogP) is 3.02. The molecule has 2 aromatic rings. The molecule has 1 aromatic carbocycles. The van der Waals surface area contributed by atoms with Crippen molar-refractivity contribution in [1.82, 2.24) is 4.98 Å². The summed E-state index contributed by atoms with van der Waals surface area (Å²) >= 11 is 1.49. The summed E-state index contributed by atoms with van der Waals surface area (Å²) < 4.78 is 9.98. The molecule has 2 rings (SSSR count). The van der Waals surface area contributed by atoms with Crippen LogP contribution >= 0.6 is 11.3 Å². The molecular weight excluding hydrogens is 290 g/mol. The van der Waals surface area contributed by atoms with Crippen molar-refractivity contribution >= 4 is 17.3 Å². The maximum Gasteiger partial charge on any atom is 0.305 e. The van der Waals surface area contributed by atoms with Crippen molar-refractivity contribution in [3.63, 3.8) is 0 Å². The summed E-state index contributed by atoms with van der Waals surface area (Å²) in [5.74, 6) is 0.317. The Hall–Kier alpha value is -2.08. The van der Waals surface area contributed by atoms with Gasteiger partial charge in [-0.15, -0.1) is 11.3 Å². The van der Waals surface area contributed by atoms with Crippen LogP contribution in [0.4, 0.5) is 0 Å². The molecule has 0 aliphatic carbocycles. The Morgan fingerprint density at radius 3 is 2.95 bits per heavy atom. The van der Waals surface area contributed by atoms with Crippen molar-refractivity contribution in [2.24, 2.45) is 0 Å². The fraction of sp³-hybridized carbons (Fsp3) is 0.333. The number of hydrogen-bond donors (Lipinski definition) is 1. The summed E-state index contributed by atoms with van der Waals surface area (Å²) in [6.45, 7) is 2.35. The molecule has 0 saturated heterocycles. The van der Waals surface area contributed by atoms with E-state index in [1.807, 2.05) is 12.3 Å². The van der Waals surface area contributed by atoms with Gasteiger partial charge < -0.3 is 14.6 Å². The molecule has 0 atom stereocenters. The molecule has 0 fully saturated rings. The zero-order valence-corrected chi connectivity index (χ0v) is 12.8. The highest BCUT2D eigenvalue weighted by Crippen LogP contribution is 2.33. The van der Waals surface area contributed by atoms with Crippen molar-refractivity contribution in [2.75, 3.05) is 13.7 Å². The average Bonchev–Trinajstić information content (AvgIpc) is 2.96. The quantitative estimate of drug-likeness (QED) is 0.831. The number of hydrogen-bond acceptors (Lipinski definition) is 6. The van der Waals surface area contributed by atoms with Gasteiger partial charge >= 0.3 is 5.97 Å². The highest BCUT2D eigenvalue weighted by atomic mass is 32.1. The molecule has 112 valence electrons. The Morgan fingerprint density at radius 2 is 2.24 bits per heavy atom. The number of carbonyl (C=O) groups is 1. The van der Waals surface area contributed by atoms with Crippen LogP contribution in [0.5, 0.6) is 11.5 Å². The lowest BCUT2D eigenvalue weighted by Gasteiger charge is -2.06. The van der Waals surface area contributed by atoms with Gasteiger partial charge in [-0.05, 0) is 25.1 Å². The van der Waals surface area contributed by atoms with Crippen LogP contribution in [0.3, 0.4) is 0 Å². The third kappa shape index (κ3) is 3.95. The van der Waals surface area contributed by atoms with E-state index in [0.29, 0.717) is 25.2 Å². The molecule has 0 unspecified atom stereocenters. The third-order valence-electron chi connectivity index (χ3n) is 2.87. The standard InChI is InChI=1S/C15H17NO4S/c1-3-20-13-8-10(4-6-12(13)17)15-16-11(9-21-15)5-7-14(18)19-2/h4,6,8-9,17H,3,5,7H2,1-2H3. The molecule has 21 heavy (non-hydrogen) atoms. The van der Waals surface area contributed by atoms with E-state index < -0.39 is 0 Å². The molecule has 5 nitrogen and oxygen atoms in total. The SMILES string of the molecule is CCOc1cc(-c2nc(CCC(=O)OC)cs2)ccc1O. The molecule has 1 heterocycles. The fourth-order valence-electron chi connectivity index (χ4n) is 1.80. The topological polar surface area (TPSA) is 68.7 Å². The second-order valence-corrected chi connectivity index (χ2v) is 5.19. The zero-order valence-electron chi connectivity index (χ0n) is 12.0. The number of aryl methyl sites for hydroxylation is 1. The van der Waals surface area contributed by atoms with E-state index in [0.717, 1.165) is 16.3 Å². The Morgan fingerprint density at radius 1 is 1.43 bits per heavy atom. The molecule has 0 spiro atoms. The fourth-order valence-corrected chi connectivity index (χ4v) is 2.66. The number of methoxy groups -OCH3 is 1. The van der Waals surface area contributed by atoms with Crippen LogP contribution in [0.15, 0.2) is 23.6 Å². The molecular formula is C15H17NO4S. The Kier molecular flexibility index (Phi) is 5.16. The van der Waals surface area contributed by atoms with Crippen molar-refractivity contribution in [1.29, 1.82) is 0 Å². The van der Waals surface area contributed by atoms with Crippen LogP contribution < -0.4 is 4.74 Å². The Bertz CT molecular complexity index is 624. The molecule has 0 saturated carbocycles. The van der Waals surface area contributed by atoms with Crippen LogP contribution in [0, 0.1) is 0 Å². The van der Waals surface area contributed by atoms with Crippen LogP contribution in [0.25, 0.3) is 10.6 Å². The molecule has 0 amide bonds. The number of ether oxygens (including phenoxy) is 2. The number of aromatic hydroxyl groups is 1. The summed E-state index contributed by atoms with van der Waals surface area (Å²) in [5.41, 5.74) is 1.73. The van der Waals surface area contributed by atoms with Crippen molar-refractivity contribution in [3.05, 3.63) is 29.3 Å². The molecule has 0 bridgehead atoms. The summed E-state index contributed by atoms with van der Waals surface area (Å²) in [7, 11) is 1.38. The number of thiazole rings is 1. The second kappa shape index (κ2) is 7.08. The maximum atomic E-state index is 11.1. The van der Waals surface area contributed by atoms with Crippen molar-refractivity contribution < 1.29 is 19.4 Å².